The number of nitrogens with zero attached hydrogens (tertiary/aromatic N) is 2. The molecule has 1 heterocycles. The molecule has 0 bridgehead atoms. The van der Waals surface area contributed by atoms with Crippen molar-refractivity contribution in [2.45, 2.75) is 52.6 Å². The van der Waals surface area contributed by atoms with Gasteiger partial charge >= 0.3 is 6.09 Å². The fraction of sp³-hybridized carbons (Fsp3) is 0.500. The summed E-state index contributed by atoms with van der Waals surface area (Å²) in [5.41, 5.74) is 2.91. The molecule has 1 aliphatic heterocycles. The Morgan fingerprint density at radius 3 is 1.88 bits per heavy atom. The van der Waals surface area contributed by atoms with Crippen LogP contribution in [-0.4, -0.2) is 52.1 Å². The van der Waals surface area contributed by atoms with Gasteiger partial charge in [0.1, 0.15) is 0 Å². The van der Waals surface area contributed by atoms with Crippen LogP contribution in [0.25, 0.3) is 4.48 Å². The molecule has 2 rings (SSSR count). The predicted molar refractivity (Wildman–Crippen MR) is 108 cm³/mol. The van der Waals surface area contributed by atoms with Gasteiger partial charge in [-0.25, -0.2) is 4.79 Å². The highest BCUT2D eigenvalue weighted by atomic mass is 79.9. The lowest BCUT2D eigenvalue weighted by Crippen LogP contribution is -2.42. The van der Waals surface area contributed by atoms with Crippen molar-refractivity contribution in [2.75, 3.05) is 13.1 Å². The van der Waals surface area contributed by atoms with Gasteiger partial charge in [-0.2, -0.15) is 0 Å². The van der Waals surface area contributed by atoms with Gasteiger partial charge in [0.25, 0.3) is 5.91 Å². The fourth-order valence-corrected chi connectivity index (χ4v) is 4.03. The van der Waals surface area contributed by atoms with Crippen molar-refractivity contribution >= 4 is 32.4 Å². The first-order valence-electron chi connectivity index (χ1n) is 9.00. The Morgan fingerprint density at radius 2 is 1.46 bits per heavy atom. The van der Waals surface area contributed by atoms with Crippen LogP contribution in [0.3, 0.4) is 0 Å². The topological polar surface area (TPSA) is 60.9 Å². The van der Waals surface area contributed by atoms with Gasteiger partial charge in [0.15, 0.2) is 0 Å². The Bertz CT molecular complexity index is 678. The number of hydrogen-bond acceptors (Lipinski definition) is 2. The number of carbonyl (C=O) groups is 2. The minimum atomic E-state index is -0.858. The quantitative estimate of drug-likeness (QED) is 0.755. The van der Waals surface area contributed by atoms with Crippen LogP contribution in [0.15, 0.2) is 29.8 Å². The molecule has 1 aliphatic rings. The zero-order valence-corrected chi connectivity index (χ0v) is 17.4. The Morgan fingerprint density at radius 1 is 1.00 bits per heavy atom. The SMILES string of the molecule is CC(C)N(C(=O)c1ccc(C(Br)=C2CCN(C(=O)O)CC2)cc1)C(C)C. The lowest BCUT2D eigenvalue weighted by Gasteiger charge is -2.31. The van der Waals surface area contributed by atoms with Crippen molar-refractivity contribution in [3.63, 3.8) is 0 Å². The van der Waals surface area contributed by atoms with E-state index in [1.165, 1.54) is 10.5 Å². The molecule has 1 aromatic carbocycles. The Balaban J connectivity index is 2.15. The smallest absolute Gasteiger partial charge is 0.407 e. The molecule has 0 unspecified atom stereocenters. The maximum atomic E-state index is 12.8. The second-order valence-electron chi connectivity index (χ2n) is 7.16. The van der Waals surface area contributed by atoms with Gasteiger partial charge < -0.3 is 14.9 Å². The van der Waals surface area contributed by atoms with Gasteiger partial charge in [0, 0.05) is 35.2 Å². The summed E-state index contributed by atoms with van der Waals surface area (Å²) >= 11 is 3.66. The Hall–Kier alpha value is -1.82. The van der Waals surface area contributed by atoms with Gasteiger partial charge in [0.05, 0.1) is 0 Å². The lowest BCUT2D eigenvalue weighted by molar-refractivity contribution is 0.0643. The Labute approximate surface area is 163 Å². The molecule has 1 saturated heterocycles. The van der Waals surface area contributed by atoms with Crippen molar-refractivity contribution in [3.8, 4) is 0 Å². The van der Waals surface area contributed by atoms with E-state index in [0.717, 1.165) is 22.9 Å². The van der Waals surface area contributed by atoms with Crippen molar-refractivity contribution < 1.29 is 14.7 Å². The van der Waals surface area contributed by atoms with Crippen LogP contribution < -0.4 is 0 Å². The third-order valence-electron chi connectivity index (χ3n) is 4.68. The van der Waals surface area contributed by atoms with Crippen LogP contribution in [0.5, 0.6) is 0 Å². The van der Waals surface area contributed by atoms with Crippen LogP contribution >= 0.6 is 15.9 Å². The number of halogens is 1. The number of piperidine rings is 1. The van der Waals surface area contributed by atoms with Crippen molar-refractivity contribution in [3.05, 3.63) is 41.0 Å². The number of amides is 2. The number of carboxylic acid groups (broad SMARTS) is 1. The predicted octanol–water partition coefficient (Wildman–Crippen LogP) is 4.83. The molecule has 0 saturated carbocycles. The average molecular weight is 423 g/mol. The van der Waals surface area contributed by atoms with Gasteiger partial charge in [-0.15, -0.1) is 0 Å². The number of rotatable bonds is 4. The summed E-state index contributed by atoms with van der Waals surface area (Å²) in [5.74, 6) is 0.0418. The normalized spacial score (nSPS) is 14.7. The third-order valence-corrected chi connectivity index (χ3v) is 5.70. The largest absolute Gasteiger partial charge is 0.465 e. The first kappa shape index (κ1) is 20.5. The fourth-order valence-electron chi connectivity index (χ4n) is 3.37. The molecule has 0 spiro atoms. The van der Waals surface area contributed by atoms with Gasteiger partial charge in [-0.05, 0) is 58.2 Å². The molecule has 1 aromatic rings. The number of hydrogen-bond donors (Lipinski definition) is 1. The van der Waals surface area contributed by atoms with E-state index >= 15 is 0 Å². The summed E-state index contributed by atoms with van der Waals surface area (Å²) in [5, 5.41) is 9.05. The monoisotopic (exact) mass is 422 g/mol. The highest BCUT2D eigenvalue weighted by Gasteiger charge is 2.22. The van der Waals surface area contributed by atoms with E-state index in [1.807, 2.05) is 56.9 Å². The van der Waals surface area contributed by atoms with Crippen LogP contribution in [0.4, 0.5) is 4.79 Å². The molecule has 6 heteroatoms. The molecule has 1 fully saturated rings. The van der Waals surface area contributed by atoms with Crippen LogP contribution in [0.2, 0.25) is 0 Å². The van der Waals surface area contributed by atoms with E-state index in [4.69, 9.17) is 5.11 Å². The number of carbonyl (C=O) groups excluding carboxylic acids is 1. The standard InChI is InChI=1S/C20H27BrN2O3/c1-13(2)23(14(3)4)19(24)17-7-5-15(6-8-17)18(21)16-9-11-22(12-10-16)20(25)26/h5-8,13-14H,9-12H2,1-4H3,(H,25,26). The van der Waals surface area contributed by atoms with Crippen LogP contribution in [-0.2, 0) is 0 Å². The maximum Gasteiger partial charge on any atom is 0.407 e. The summed E-state index contributed by atoms with van der Waals surface area (Å²) in [6, 6.07) is 7.93. The molecule has 2 amide bonds. The van der Waals surface area contributed by atoms with Crippen molar-refractivity contribution in [1.82, 2.24) is 9.80 Å². The average Bonchev–Trinajstić information content (AvgIpc) is 2.60. The highest BCUT2D eigenvalue weighted by molar-refractivity contribution is 9.15. The molecule has 0 aliphatic carbocycles. The molecular formula is C20H27BrN2O3. The van der Waals surface area contributed by atoms with Crippen molar-refractivity contribution in [1.29, 1.82) is 0 Å². The molecule has 0 radical (unpaired) electrons. The summed E-state index contributed by atoms with van der Waals surface area (Å²) in [6.07, 6.45) is 0.590. The molecule has 0 aromatic heterocycles. The Kier molecular flexibility index (Phi) is 6.87. The van der Waals surface area contributed by atoms with E-state index in [1.54, 1.807) is 0 Å². The molecule has 0 atom stereocenters. The second-order valence-corrected chi connectivity index (χ2v) is 7.96. The van der Waals surface area contributed by atoms with Gasteiger partial charge in [-0.1, -0.05) is 33.6 Å². The zero-order valence-electron chi connectivity index (χ0n) is 15.8. The first-order valence-corrected chi connectivity index (χ1v) is 9.80. The minimum absolute atomic E-state index is 0.0418. The summed E-state index contributed by atoms with van der Waals surface area (Å²) in [4.78, 5) is 27.1. The van der Waals surface area contributed by atoms with Crippen LogP contribution in [0, 0.1) is 0 Å². The van der Waals surface area contributed by atoms with Gasteiger partial charge in [0.2, 0.25) is 0 Å². The summed E-state index contributed by atoms with van der Waals surface area (Å²) < 4.78 is 1.01. The van der Waals surface area contributed by atoms with E-state index in [-0.39, 0.29) is 18.0 Å². The highest BCUT2D eigenvalue weighted by Crippen LogP contribution is 2.31. The van der Waals surface area contributed by atoms with Gasteiger partial charge in [-0.3, -0.25) is 4.79 Å². The first-order chi connectivity index (χ1) is 12.2. The zero-order chi connectivity index (χ0) is 19.4. The lowest BCUT2D eigenvalue weighted by atomic mass is 10.00. The molecule has 142 valence electrons. The van der Waals surface area contributed by atoms with Crippen molar-refractivity contribution in [2.24, 2.45) is 0 Å². The number of benzene rings is 1. The summed E-state index contributed by atoms with van der Waals surface area (Å²) in [6.45, 7) is 9.14. The van der Waals surface area contributed by atoms with E-state index in [9.17, 15) is 9.59 Å². The van der Waals surface area contributed by atoms with Crippen LogP contribution in [0.1, 0.15) is 56.5 Å². The third kappa shape index (κ3) is 4.67. The van der Waals surface area contributed by atoms with E-state index < -0.39 is 6.09 Å². The maximum absolute atomic E-state index is 12.8. The number of likely N-dealkylation sites (tertiary alicyclic amines) is 1. The van der Waals surface area contributed by atoms with E-state index in [0.29, 0.717) is 18.7 Å². The minimum Gasteiger partial charge on any atom is -0.465 e. The molecule has 26 heavy (non-hydrogen) atoms. The summed E-state index contributed by atoms with van der Waals surface area (Å²) in [7, 11) is 0. The second kappa shape index (κ2) is 8.71. The van der Waals surface area contributed by atoms with E-state index in [2.05, 4.69) is 15.9 Å². The molecule has 1 N–H and O–H groups in total. The molecular weight excluding hydrogens is 396 g/mol. The molecule has 5 nitrogen and oxygen atoms in total.